The van der Waals surface area contributed by atoms with E-state index in [9.17, 15) is 9.18 Å². The Bertz CT molecular complexity index is 1480. The lowest BCUT2D eigenvalue weighted by Crippen LogP contribution is -2.71. The summed E-state index contributed by atoms with van der Waals surface area (Å²) in [6.45, 7) is 1.05. The summed E-state index contributed by atoms with van der Waals surface area (Å²) in [5, 5.41) is 8.39. The van der Waals surface area contributed by atoms with Crippen molar-refractivity contribution in [2.24, 2.45) is 10.8 Å². The number of rotatable bonds is 8. The van der Waals surface area contributed by atoms with Crippen molar-refractivity contribution in [1.29, 1.82) is 0 Å². The van der Waals surface area contributed by atoms with Crippen LogP contribution in [-0.2, 0) is 15.1 Å². The first kappa shape index (κ1) is 23.6. The molecule has 2 aromatic heterocycles. The summed E-state index contributed by atoms with van der Waals surface area (Å²) in [5.74, 6) is 3.49. The van der Waals surface area contributed by atoms with Crippen molar-refractivity contribution in [2.75, 3.05) is 18.1 Å². The van der Waals surface area contributed by atoms with E-state index in [2.05, 4.69) is 15.3 Å². The van der Waals surface area contributed by atoms with Gasteiger partial charge >= 0.3 is 0 Å². The molecular weight excluding hydrogens is 513 g/mol. The summed E-state index contributed by atoms with van der Waals surface area (Å²) in [5.41, 5.74) is -0.865. The second kappa shape index (κ2) is 7.78. The first-order valence-corrected chi connectivity index (χ1v) is 14.8. The Labute approximate surface area is 230 Å². The molecule has 0 radical (unpaired) electrons. The molecule has 4 bridgehead atoms. The number of benzene rings is 1. The summed E-state index contributed by atoms with van der Waals surface area (Å²) >= 11 is 0. The van der Waals surface area contributed by atoms with E-state index in [1.165, 1.54) is 0 Å². The monoisotopic (exact) mass is 545 g/mol. The molecule has 8 fully saturated rings. The standard InChI is InChI=1S/C30H32FN5O4/c31-29-13-28(14-29,15-29)26(37)36(21-3-1-2-20(12-21)24-32-22(34-39-24)18-4-5-18)16-27-8-10-30(11-9-27,38-17-27)25-33-23(35-40-25)19-6-7-19/h1-3,12,18-19H,4-11,13-17H2. The largest absolute Gasteiger partial charge is 0.364 e. The van der Waals surface area contributed by atoms with Crippen LogP contribution in [0.15, 0.2) is 33.3 Å². The van der Waals surface area contributed by atoms with Gasteiger partial charge in [0.15, 0.2) is 11.6 Å². The van der Waals surface area contributed by atoms with Gasteiger partial charge in [0.1, 0.15) is 11.3 Å². The van der Waals surface area contributed by atoms with Crippen LogP contribution >= 0.6 is 0 Å². The van der Waals surface area contributed by atoms with Crippen molar-refractivity contribution in [2.45, 2.75) is 93.7 Å². The summed E-state index contributed by atoms with van der Waals surface area (Å²) in [7, 11) is 0. The average Bonchev–Trinajstić information content (AvgIpc) is 3.89. The lowest BCUT2D eigenvalue weighted by atomic mass is 9.41. The molecule has 0 atom stereocenters. The fraction of sp³-hybridized carbons (Fsp3) is 0.633. The van der Waals surface area contributed by atoms with Gasteiger partial charge in [0.2, 0.25) is 5.91 Å². The predicted octanol–water partition coefficient (Wildman–Crippen LogP) is 5.59. The number of alkyl halides is 1. The molecule has 40 heavy (non-hydrogen) atoms. The molecule has 9 nitrogen and oxygen atoms in total. The van der Waals surface area contributed by atoms with E-state index in [-0.39, 0.29) is 11.3 Å². The van der Waals surface area contributed by atoms with Gasteiger partial charge in [-0.15, -0.1) is 0 Å². The van der Waals surface area contributed by atoms with Crippen molar-refractivity contribution in [3.05, 3.63) is 41.8 Å². The Morgan fingerprint density at radius 1 is 0.950 bits per heavy atom. The van der Waals surface area contributed by atoms with Crippen LogP contribution in [0.1, 0.15) is 100 Å². The Balaban J connectivity index is 0.997. The molecule has 208 valence electrons. The first-order chi connectivity index (χ1) is 19.4. The van der Waals surface area contributed by atoms with Crippen molar-refractivity contribution in [3.8, 4) is 11.5 Å². The minimum atomic E-state index is -1.15. The van der Waals surface area contributed by atoms with E-state index >= 15 is 0 Å². The fourth-order valence-corrected chi connectivity index (χ4v) is 7.63. The summed E-state index contributed by atoms with van der Waals surface area (Å²) < 4.78 is 32.3. The molecule has 6 saturated carbocycles. The molecule has 0 N–H and O–H groups in total. The maximum atomic E-state index is 14.5. The Morgan fingerprint density at radius 3 is 2.30 bits per heavy atom. The number of anilines is 1. The number of hydrogen-bond donors (Lipinski definition) is 0. The number of hydrogen-bond acceptors (Lipinski definition) is 8. The number of nitrogens with zero attached hydrogens (tertiary/aromatic N) is 5. The van der Waals surface area contributed by atoms with Crippen LogP contribution in [0.3, 0.4) is 0 Å². The third kappa shape index (κ3) is 3.50. The molecule has 3 aromatic rings. The number of halogens is 1. The molecule has 6 aliphatic carbocycles. The molecule has 4 heterocycles. The highest BCUT2D eigenvalue weighted by Crippen LogP contribution is 2.70. The van der Waals surface area contributed by atoms with Crippen molar-refractivity contribution >= 4 is 11.6 Å². The van der Waals surface area contributed by atoms with Crippen LogP contribution in [0.4, 0.5) is 10.1 Å². The topological polar surface area (TPSA) is 107 Å². The Kier molecular flexibility index (Phi) is 4.58. The second-order valence-corrected chi connectivity index (χ2v) is 13.7. The van der Waals surface area contributed by atoms with E-state index in [0.717, 1.165) is 74.3 Å². The number of ether oxygens (including phenoxy) is 1. The highest BCUT2D eigenvalue weighted by molar-refractivity contribution is 6.00. The normalized spacial score (nSPS) is 35.7. The zero-order valence-electron chi connectivity index (χ0n) is 22.4. The van der Waals surface area contributed by atoms with Crippen LogP contribution in [0.2, 0.25) is 0 Å². The van der Waals surface area contributed by atoms with Crippen LogP contribution in [0.25, 0.3) is 11.5 Å². The molecule has 0 unspecified atom stereocenters. The number of carbonyl (C=O) groups is 1. The van der Waals surface area contributed by atoms with Crippen molar-refractivity contribution < 1.29 is 23.0 Å². The SMILES string of the molecule is O=C(N(CC12CCC(c3nc(C4CC4)no3)(CC1)OC2)c1cccc(-c2nc(C3CC3)no2)c1)C12CC(F)(C1)C2. The average molecular weight is 546 g/mol. The summed E-state index contributed by atoms with van der Waals surface area (Å²) in [6.07, 6.45) is 8.79. The zero-order chi connectivity index (χ0) is 26.7. The zero-order valence-corrected chi connectivity index (χ0v) is 22.4. The second-order valence-electron chi connectivity index (χ2n) is 13.7. The van der Waals surface area contributed by atoms with E-state index in [4.69, 9.17) is 18.8 Å². The predicted molar refractivity (Wildman–Crippen MR) is 139 cm³/mol. The van der Waals surface area contributed by atoms with Crippen LogP contribution in [0.5, 0.6) is 0 Å². The molecule has 2 saturated heterocycles. The minimum Gasteiger partial charge on any atom is -0.364 e. The van der Waals surface area contributed by atoms with Gasteiger partial charge in [-0.05, 0) is 88.8 Å². The number of carbonyl (C=O) groups excluding carboxylic acids is 1. The molecule has 0 spiro atoms. The fourth-order valence-electron chi connectivity index (χ4n) is 7.63. The third-order valence-electron chi connectivity index (χ3n) is 10.5. The Morgan fingerprint density at radius 2 is 1.65 bits per heavy atom. The third-order valence-corrected chi connectivity index (χ3v) is 10.5. The van der Waals surface area contributed by atoms with Crippen LogP contribution < -0.4 is 4.90 Å². The van der Waals surface area contributed by atoms with Gasteiger partial charge in [-0.1, -0.05) is 16.4 Å². The number of aromatic nitrogens is 4. The molecule has 8 aliphatic rings. The molecular formula is C30H32FN5O4. The van der Waals surface area contributed by atoms with Gasteiger partial charge in [-0.25, -0.2) is 4.39 Å². The maximum Gasteiger partial charge on any atom is 0.258 e. The van der Waals surface area contributed by atoms with Gasteiger partial charge in [0.05, 0.1) is 12.0 Å². The summed E-state index contributed by atoms with van der Waals surface area (Å²) in [6, 6.07) is 7.79. The van der Waals surface area contributed by atoms with Crippen LogP contribution in [0, 0.1) is 10.8 Å². The van der Waals surface area contributed by atoms with Crippen molar-refractivity contribution in [1.82, 2.24) is 20.3 Å². The lowest BCUT2D eigenvalue weighted by molar-refractivity contribution is -0.214. The number of amides is 1. The van der Waals surface area contributed by atoms with Gasteiger partial charge in [0.25, 0.3) is 11.8 Å². The Hall–Kier alpha value is -3.14. The molecule has 2 aliphatic heterocycles. The van der Waals surface area contributed by atoms with Crippen molar-refractivity contribution in [3.63, 3.8) is 0 Å². The number of fused-ring (bicyclic) bond motifs is 3. The highest BCUT2D eigenvalue weighted by Gasteiger charge is 2.73. The van der Waals surface area contributed by atoms with Gasteiger partial charge < -0.3 is 18.7 Å². The molecule has 11 rings (SSSR count). The quantitative estimate of drug-likeness (QED) is 0.361. The van der Waals surface area contributed by atoms with E-state index in [0.29, 0.717) is 56.0 Å². The minimum absolute atomic E-state index is 0.0242. The van der Waals surface area contributed by atoms with E-state index < -0.39 is 16.7 Å². The van der Waals surface area contributed by atoms with Gasteiger partial charge in [0, 0.05) is 35.0 Å². The first-order valence-electron chi connectivity index (χ1n) is 14.8. The van der Waals surface area contributed by atoms with Gasteiger partial charge in [-0.2, -0.15) is 9.97 Å². The molecule has 1 aromatic carbocycles. The maximum absolute atomic E-state index is 14.5. The smallest absolute Gasteiger partial charge is 0.258 e. The molecule has 10 heteroatoms. The van der Waals surface area contributed by atoms with Crippen LogP contribution in [-0.4, -0.2) is 45.0 Å². The van der Waals surface area contributed by atoms with E-state index in [1.54, 1.807) is 0 Å². The van der Waals surface area contributed by atoms with Gasteiger partial charge in [-0.3, -0.25) is 4.79 Å². The molecule has 1 amide bonds. The summed E-state index contributed by atoms with van der Waals surface area (Å²) in [4.78, 5) is 25.3. The van der Waals surface area contributed by atoms with E-state index in [1.807, 2.05) is 29.2 Å². The lowest BCUT2D eigenvalue weighted by Gasteiger charge is -2.65. The highest BCUT2D eigenvalue weighted by atomic mass is 19.1.